The number of nitrogens with one attached hydrogen (secondary N) is 1. The monoisotopic (exact) mass is 474 g/mol. The molecule has 3 N–H and O–H groups in total. The minimum atomic E-state index is 0. The van der Waals surface area contributed by atoms with Crippen molar-refractivity contribution < 1.29 is 0 Å². The highest BCUT2D eigenvalue weighted by Crippen LogP contribution is 2.22. The van der Waals surface area contributed by atoms with Crippen molar-refractivity contribution in [2.24, 2.45) is 16.6 Å². The molecule has 1 unspecified atom stereocenters. The fourth-order valence-electron chi connectivity index (χ4n) is 3.51. The van der Waals surface area contributed by atoms with E-state index in [9.17, 15) is 0 Å². The van der Waals surface area contributed by atoms with Crippen LogP contribution < -0.4 is 11.1 Å². The van der Waals surface area contributed by atoms with Gasteiger partial charge in [-0.2, -0.15) is 11.8 Å². The van der Waals surface area contributed by atoms with Crippen LogP contribution in [0.5, 0.6) is 0 Å². The number of likely N-dealkylation sites (tertiary alicyclic amines) is 1. The summed E-state index contributed by atoms with van der Waals surface area (Å²) in [4.78, 5) is 7.11. The van der Waals surface area contributed by atoms with E-state index in [-0.39, 0.29) is 24.0 Å². The van der Waals surface area contributed by atoms with Gasteiger partial charge in [-0.05, 0) is 48.7 Å². The van der Waals surface area contributed by atoms with Gasteiger partial charge in [0.25, 0.3) is 0 Å². The van der Waals surface area contributed by atoms with E-state index < -0.39 is 0 Å². The zero-order valence-electron chi connectivity index (χ0n) is 14.9. The molecule has 6 heteroatoms. The van der Waals surface area contributed by atoms with E-state index in [0.717, 1.165) is 44.9 Å². The van der Waals surface area contributed by atoms with Crippen LogP contribution in [0.1, 0.15) is 31.2 Å². The molecule has 0 spiro atoms. The number of rotatable bonds is 5. The second-order valence-corrected chi connectivity index (χ2v) is 8.14. The van der Waals surface area contributed by atoms with Crippen LogP contribution in [-0.4, -0.2) is 48.0 Å². The Morgan fingerprint density at radius 1 is 1.20 bits per heavy atom. The third-order valence-electron chi connectivity index (χ3n) is 4.96. The number of nitrogens with two attached hydrogens (primary N) is 1. The molecule has 140 valence electrons. The molecule has 1 atom stereocenters. The topological polar surface area (TPSA) is 53.6 Å². The molecule has 25 heavy (non-hydrogen) atoms. The van der Waals surface area contributed by atoms with Gasteiger partial charge in [0.1, 0.15) is 0 Å². The number of nitrogens with zero attached hydrogens (tertiary/aromatic N) is 2. The maximum absolute atomic E-state index is 6.10. The van der Waals surface area contributed by atoms with Gasteiger partial charge >= 0.3 is 0 Å². The number of thioether (sulfide) groups is 1. The van der Waals surface area contributed by atoms with Crippen LogP contribution in [0, 0.1) is 5.92 Å². The van der Waals surface area contributed by atoms with Gasteiger partial charge in [0.05, 0.1) is 0 Å². The second-order valence-electron chi connectivity index (χ2n) is 6.99. The van der Waals surface area contributed by atoms with Crippen LogP contribution in [0.4, 0.5) is 0 Å². The molecule has 0 aromatic heterocycles. The van der Waals surface area contributed by atoms with Crippen LogP contribution in [0.25, 0.3) is 0 Å². The van der Waals surface area contributed by atoms with Crippen molar-refractivity contribution in [3.8, 4) is 0 Å². The molecule has 1 aromatic carbocycles. The number of piperidine rings is 1. The fraction of sp³-hybridized carbons (Fsp3) is 0.632. The van der Waals surface area contributed by atoms with Crippen molar-refractivity contribution in [1.82, 2.24) is 10.2 Å². The predicted octanol–water partition coefficient (Wildman–Crippen LogP) is 3.32. The normalized spacial score (nSPS) is 23.0. The van der Waals surface area contributed by atoms with Crippen molar-refractivity contribution >= 4 is 41.7 Å². The first-order valence-electron chi connectivity index (χ1n) is 9.20. The highest BCUT2D eigenvalue weighted by Gasteiger charge is 2.20. The standard InChI is InChI=1S/C19H30N4S.HI/c20-19(21-13-17-7-4-12-24-15-17)22-18-8-10-23(11-9-18)14-16-5-2-1-3-6-16;/h1-3,5-6,17-18H,4,7-15H2,(H3,20,21,22);1H. The van der Waals surface area contributed by atoms with E-state index in [1.165, 1.54) is 29.9 Å². The molecule has 2 fully saturated rings. The molecule has 1 aromatic rings. The smallest absolute Gasteiger partial charge is 0.188 e. The summed E-state index contributed by atoms with van der Waals surface area (Å²) in [5, 5.41) is 3.44. The summed E-state index contributed by atoms with van der Waals surface area (Å²) in [5.74, 6) is 3.92. The molecule has 0 amide bonds. The number of hydrogen-bond acceptors (Lipinski definition) is 3. The van der Waals surface area contributed by atoms with Gasteiger partial charge in [-0.15, -0.1) is 24.0 Å². The Morgan fingerprint density at radius 2 is 1.96 bits per heavy atom. The summed E-state index contributed by atoms with van der Waals surface area (Å²) in [6, 6.07) is 11.2. The Balaban J connectivity index is 0.00000225. The molecule has 3 rings (SSSR count). The lowest BCUT2D eigenvalue weighted by molar-refractivity contribution is 0.199. The van der Waals surface area contributed by atoms with Gasteiger partial charge in [0.2, 0.25) is 0 Å². The van der Waals surface area contributed by atoms with Gasteiger partial charge in [-0.25, -0.2) is 0 Å². The summed E-state index contributed by atoms with van der Waals surface area (Å²) in [6.07, 6.45) is 4.92. The van der Waals surface area contributed by atoms with Crippen molar-refractivity contribution in [3.05, 3.63) is 35.9 Å². The fourth-order valence-corrected chi connectivity index (χ4v) is 4.65. The lowest BCUT2D eigenvalue weighted by Gasteiger charge is -2.32. The summed E-state index contributed by atoms with van der Waals surface area (Å²) < 4.78 is 0. The maximum atomic E-state index is 6.10. The van der Waals surface area contributed by atoms with Crippen LogP contribution in [0.2, 0.25) is 0 Å². The second kappa shape index (κ2) is 11.3. The number of guanidine groups is 1. The van der Waals surface area contributed by atoms with Crippen LogP contribution in [0.3, 0.4) is 0 Å². The van der Waals surface area contributed by atoms with E-state index in [2.05, 4.69) is 57.3 Å². The van der Waals surface area contributed by atoms with E-state index >= 15 is 0 Å². The highest BCUT2D eigenvalue weighted by molar-refractivity contribution is 14.0. The van der Waals surface area contributed by atoms with Gasteiger partial charge in [0, 0.05) is 32.2 Å². The van der Waals surface area contributed by atoms with E-state index in [1.54, 1.807) is 0 Å². The Labute approximate surface area is 173 Å². The molecule has 0 radical (unpaired) electrons. The molecule has 0 bridgehead atoms. The van der Waals surface area contributed by atoms with Crippen LogP contribution in [-0.2, 0) is 6.54 Å². The molecule has 4 nitrogen and oxygen atoms in total. The van der Waals surface area contributed by atoms with E-state index in [4.69, 9.17) is 5.73 Å². The summed E-state index contributed by atoms with van der Waals surface area (Å²) >= 11 is 2.06. The van der Waals surface area contributed by atoms with Gasteiger partial charge in [-0.1, -0.05) is 30.3 Å². The first kappa shape index (κ1) is 20.8. The Hall–Kier alpha value is -0.470. The van der Waals surface area contributed by atoms with Crippen LogP contribution in [0.15, 0.2) is 35.3 Å². The van der Waals surface area contributed by atoms with Gasteiger partial charge < -0.3 is 11.1 Å². The summed E-state index contributed by atoms with van der Waals surface area (Å²) in [5.41, 5.74) is 7.50. The Bertz CT molecular complexity index is 511. The van der Waals surface area contributed by atoms with Crippen molar-refractivity contribution in [3.63, 3.8) is 0 Å². The van der Waals surface area contributed by atoms with E-state index in [1.807, 2.05) is 0 Å². The van der Waals surface area contributed by atoms with Crippen molar-refractivity contribution in [2.45, 2.75) is 38.3 Å². The maximum Gasteiger partial charge on any atom is 0.188 e. The van der Waals surface area contributed by atoms with Gasteiger partial charge in [0.15, 0.2) is 5.96 Å². The Kier molecular flexibility index (Phi) is 9.41. The average Bonchev–Trinajstić information content (AvgIpc) is 2.63. The lowest BCUT2D eigenvalue weighted by atomic mass is 10.0. The third-order valence-corrected chi connectivity index (χ3v) is 6.25. The number of benzene rings is 1. The first-order chi connectivity index (χ1) is 11.8. The molecule has 0 aliphatic carbocycles. The largest absolute Gasteiger partial charge is 0.370 e. The lowest BCUT2D eigenvalue weighted by Crippen LogP contribution is -2.47. The third kappa shape index (κ3) is 7.35. The number of halogens is 1. The zero-order chi connectivity index (χ0) is 16.6. The molecule has 2 heterocycles. The zero-order valence-corrected chi connectivity index (χ0v) is 18.0. The summed E-state index contributed by atoms with van der Waals surface area (Å²) in [7, 11) is 0. The van der Waals surface area contributed by atoms with E-state index in [0.29, 0.717) is 12.0 Å². The predicted molar refractivity (Wildman–Crippen MR) is 120 cm³/mol. The summed E-state index contributed by atoms with van der Waals surface area (Å²) in [6.45, 7) is 4.19. The van der Waals surface area contributed by atoms with Crippen LogP contribution >= 0.6 is 35.7 Å². The van der Waals surface area contributed by atoms with Gasteiger partial charge in [-0.3, -0.25) is 9.89 Å². The molecule has 2 aliphatic rings. The minimum Gasteiger partial charge on any atom is -0.370 e. The molecular formula is C19H31IN4S. The molecule has 2 saturated heterocycles. The number of hydrogen-bond donors (Lipinski definition) is 2. The average molecular weight is 474 g/mol. The minimum absolute atomic E-state index is 0. The number of aliphatic imine (C=N–C) groups is 1. The first-order valence-corrected chi connectivity index (χ1v) is 10.4. The quantitative estimate of drug-likeness (QED) is 0.391. The Morgan fingerprint density at radius 3 is 2.64 bits per heavy atom. The molecule has 2 aliphatic heterocycles. The molecular weight excluding hydrogens is 443 g/mol. The SMILES string of the molecule is I.NC(=NCC1CCCSC1)NC1CCN(Cc2ccccc2)CC1. The van der Waals surface area contributed by atoms with Crippen molar-refractivity contribution in [1.29, 1.82) is 0 Å². The highest BCUT2D eigenvalue weighted by atomic mass is 127. The van der Waals surface area contributed by atoms with Crippen molar-refractivity contribution in [2.75, 3.05) is 31.1 Å². The molecule has 0 saturated carbocycles.